The second-order valence-electron chi connectivity index (χ2n) is 4.66. The van der Waals surface area contributed by atoms with E-state index < -0.39 is 0 Å². The van der Waals surface area contributed by atoms with Crippen LogP contribution in [0, 0.1) is 5.82 Å². The van der Waals surface area contributed by atoms with Crippen molar-refractivity contribution in [2.45, 2.75) is 6.61 Å². The van der Waals surface area contributed by atoms with Crippen LogP contribution in [0.25, 0.3) is 10.9 Å². The first-order valence-corrected chi connectivity index (χ1v) is 6.30. The number of phenolic OH excluding ortho intramolecular Hbond substituents is 1. The molecule has 0 radical (unpaired) electrons. The lowest BCUT2D eigenvalue weighted by Crippen LogP contribution is -2.02. The fraction of sp³-hybridized carbons (Fsp3) is 0.125. The molecule has 0 aliphatic carbocycles. The monoisotopic (exact) mass is 271 g/mol. The summed E-state index contributed by atoms with van der Waals surface area (Å²) in [6.45, 7) is 0.314. The quantitative estimate of drug-likeness (QED) is 0.789. The third-order valence-corrected chi connectivity index (χ3v) is 3.31. The second-order valence-corrected chi connectivity index (χ2v) is 4.66. The standard InChI is InChI=1S/C16H14FNO2/c1-18-12(8-11-4-2-7-15(17)16(11)18)10-20-14-6-3-5-13(19)9-14/h2-9,19H,10H2,1H3. The van der Waals surface area contributed by atoms with Gasteiger partial charge in [-0.25, -0.2) is 4.39 Å². The van der Waals surface area contributed by atoms with Crippen molar-refractivity contribution in [1.82, 2.24) is 4.57 Å². The zero-order valence-electron chi connectivity index (χ0n) is 11.0. The topological polar surface area (TPSA) is 34.4 Å². The molecule has 0 aliphatic heterocycles. The van der Waals surface area contributed by atoms with Crippen molar-refractivity contribution >= 4 is 10.9 Å². The molecule has 20 heavy (non-hydrogen) atoms. The number of hydrogen-bond acceptors (Lipinski definition) is 2. The lowest BCUT2D eigenvalue weighted by molar-refractivity contribution is 0.296. The number of hydrogen-bond donors (Lipinski definition) is 1. The molecule has 0 saturated heterocycles. The Morgan fingerprint density at radius 2 is 1.95 bits per heavy atom. The molecule has 0 saturated carbocycles. The highest BCUT2D eigenvalue weighted by atomic mass is 19.1. The molecule has 1 heterocycles. The number of para-hydroxylation sites is 1. The van der Waals surface area contributed by atoms with Crippen molar-refractivity contribution in [2.24, 2.45) is 7.05 Å². The van der Waals surface area contributed by atoms with Crippen LogP contribution >= 0.6 is 0 Å². The van der Waals surface area contributed by atoms with Crippen LogP contribution < -0.4 is 4.74 Å². The van der Waals surface area contributed by atoms with E-state index in [4.69, 9.17) is 4.74 Å². The molecule has 2 aromatic carbocycles. The van der Waals surface area contributed by atoms with Crippen LogP contribution in [-0.4, -0.2) is 9.67 Å². The number of aryl methyl sites for hydroxylation is 1. The van der Waals surface area contributed by atoms with Crippen molar-refractivity contribution in [3.05, 3.63) is 60.0 Å². The second kappa shape index (κ2) is 4.89. The van der Waals surface area contributed by atoms with Crippen LogP contribution in [0.5, 0.6) is 11.5 Å². The highest BCUT2D eigenvalue weighted by Gasteiger charge is 2.10. The summed E-state index contributed by atoms with van der Waals surface area (Å²) in [6, 6.07) is 13.5. The Kier molecular flexibility index (Phi) is 3.06. The zero-order chi connectivity index (χ0) is 14.1. The molecule has 0 aliphatic rings. The van der Waals surface area contributed by atoms with Gasteiger partial charge in [0.05, 0.1) is 11.2 Å². The van der Waals surface area contributed by atoms with Crippen LogP contribution in [0.1, 0.15) is 5.69 Å². The van der Waals surface area contributed by atoms with Gasteiger partial charge >= 0.3 is 0 Å². The summed E-state index contributed by atoms with van der Waals surface area (Å²) < 4.78 is 21.2. The number of halogens is 1. The van der Waals surface area contributed by atoms with Crippen LogP contribution in [0.15, 0.2) is 48.5 Å². The van der Waals surface area contributed by atoms with Gasteiger partial charge in [-0.15, -0.1) is 0 Å². The van der Waals surface area contributed by atoms with E-state index >= 15 is 0 Å². The molecule has 1 aromatic heterocycles. The number of aromatic nitrogens is 1. The van der Waals surface area contributed by atoms with Crippen molar-refractivity contribution in [1.29, 1.82) is 0 Å². The summed E-state index contributed by atoms with van der Waals surface area (Å²) in [4.78, 5) is 0. The lowest BCUT2D eigenvalue weighted by atomic mass is 10.2. The molecule has 4 heteroatoms. The van der Waals surface area contributed by atoms with Gasteiger partial charge in [0.2, 0.25) is 0 Å². The predicted molar refractivity (Wildman–Crippen MR) is 75.3 cm³/mol. The van der Waals surface area contributed by atoms with Gasteiger partial charge in [-0.1, -0.05) is 18.2 Å². The first-order valence-electron chi connectivity index (χ1n) is 6.30. The molecule has 1 N–H and O–H groups in total. The summed E-state index contributed by atoms with van der Waals surface area (Å²) in [5.41, 5.74) is 1.44. The highest BCUT2D eigenvalue weighted by molar-refractivity contribution is 5.81. The SMILES string of the molecule is Cn1c(COc2cccc(O)c2)cc2cccc(F)c21. The third-order valence-electron chi connectivity index (χ3n) is 3.31. The highest BCUT2D eigenvalue weighted by Crippen LogP contribution is 2.23. The lowest BCUT2D eigenvalue weighted by Gasteiger charge is -2.08. The van der Waals surface area contributed by atoms with Crippen LogP contribution in [0.4, 0.5) is 4.39 Å². The normalized spacial score (nSPS) is 10.9. The first kappa shape index (κ1) is 12.5. The number of rotatable bonds is 3. The zero-order valence-corrected chi connectivity index (χ0v) is 11.0. The van der Waals surface area contributed by atoms with E-state index in [0.717, 1.165) is 11.1 Å². The Hall–Kier alpha value is -2.49. The number of aromatic hydroxyl groups is 1. The average molecular weight is 271 g/mol. The van der Waals surface area contributed by atoms with Crippen molar-refractivity contribution in [3.63, 3.8) is 0 Å². The van der Waals surface area contributed by atoms with E-state index in [2.05, 4.69) is 0 Å². The number of nitrogens with zero attached hydrogens (tertiary/aromatic N) is 1. The fourth-order valence-electron chi connectivity index (χ4n) is 2.29. The molecule has 3 nitrogen and oxygen atoms in total. The molecule has 0 amide bonds. The van der Waals surface area contributed by atoms with Crippen LogP contribution in [-0.2, 0) is 13.7 Å². The van der Waals surface area contributed by atoms with E-state index in [0.29, 0.717) is 17.9 Å². The third kappa shape index (κ3) is 2.20. The molecular weight excluding hydrogens is 257 g/mol. The predicted octanol–water partition coefficient (Wildman–Crippen LogP) is 3.60. The van der Waals surface area contributed by atoms with Crippen LogP contribution in [0.2, 0.25) is 0 Å². The van der Waals surface area contributed by atoms with E-state index in [1.54, 1.807) is 34.9 Å². The Balaban J connectivity index is 1.88. The number of phenols is 1. The van der Waals surface area contributed by atoms with E-state index in [9.17, 15) is 9.50 Å². The smallest absolute Gasteiger partial charge is 0.147 e. The Labute approximate surface area is 115 Å². The van der Waals surface area contributed by atoms with E-state index in [-0.39, 0.29) is 11.6 Å². The summed E-state index contributed by atoms with van der Waals surface area (Å²) >= 11 is 0. The molecule has 0 atom stereocenters. The summed E-state index contributed by atoms with van der Waals surface area (Å²) in [5.74, 6) is 0.495. The molecule has 0 spiro atoms. The molecule has 0 bridgehead atoms. The van der Waals surface area contributed by atoms with Crippen molar-refractivity contribution < 1.29 is 14.2 Å². The van der Waals surface area contributed by atoms with Gasteiger partial charge in [0, 0.05) is 18.5 Å². The van der Waals surface area contributed by atoms with E-state index in [1.807, 2.05) is 19.2 Å². The van der Waals surface area contributed by atoms with Gasteiger partial charge in [0.15, 0.2) is 0 Å². The molecule has 0 unspecified atom stereocenters. The number of ether oxygens (including phenoxy) is 1. The Morgan fingerprint density at radius 3 is 2.70 bits per heavy atom. The van der Waals surface area contributed by atoms with Gasteiger partial charge in [0.25, 0.3) is 0 Å². The van der Waals surface area contributed by atoms with Crippen molar-refractivity contribution in [3.8, 4) is 11.5 Å². The summed E-state index contributed by atoms with van der Waals surface area (Å²) in [7, 11) is 1.81. The molecule has 102 valence electrons. The summed E-state index contributed by atoms with van der Waals surface area (Å²) in [6.07, 6.45) is 0. The summed E-state index contributed by atoms with van der Waals surface area (Å²) in [5, 5.41) is 10.2. The Morgan fingerprint density at radius 1 is 1.15 bits per heavy atom. The van der Waals surface area contributed by atoms with Gasteiger partial charge in [-0.3, -0.25) is 0 Å². The van der Waals surface area contributed by atoms with Gasteiger partial charge < -0.3 is 14.4 Å². The first-order chi connectivity index (χ1) is 9.65. The molecule has 3 aromatic rings. The van der Waals surface area contributed by atoms with Gasteiger partial charge in [-0.2, -0.15) is 0 Å². The minimum absolute atomic E-state index is 0.158. The molecule has 3 rings (SSSR count). The largest absolute Gasteiger partial charge is 0.508 e. The maximum absolute atomic E-state index is 13.8. The van der Waals surface area contributed by atoms with Gasteiger partial charge in [-0.05, 0) is 24.3 Å². The number of fused-ring (bicyclic) bond motifs is 1. The molecule has 0 fully saturated rings. The average Bonchev–Trinajstić information content (AvgIpc) is 2.75. The maximum Gasteiger partial charge on any atom is 0.147 e. The fourth-order valence-corrected chi connectivity index (χ4v) is 2.29. The molecular formula is C16H14FNO2. The van der Waals surface area contributed by atoms with Gasteiger partial charge in [0.1, 0.15) is 23.9 Å². The Bertz CT molecular complexity index is 764. The number of benzene rings is 2. The van der Waals surface area contributed by atoms with Crippen molar-refractivity contribution in [2.75, 3.05) is 0 Å². The minimum atomic E-state index is -0.242. The maximum atomic E-state index is 13.8. The minimum Gasteiger partial charge on any atom is -0.508 e. The van der Waals surface area contributed by atoms with Crippen LogP contribution in [0.3, 0.4) is 0 Å². The van der Waals surface area contributed by atoms with E-state index in [1.165, 1.54) is 6.07 Å².